The van der Waals surface area contributed by atoms with Gasteiger partial charge in [-0.25, -0.2) is 9.97 Å². The molecule has 2 aromatic heterocycles. The van der Waals surface area contributed by atoms with Crippen molar-refractivity contribution >= 4 is 54.5 Å². The molecular formula is C38H22N2O2. The Balaban J connectivity index is 1.30. The molecule has 0 radical (unpaired) electrons. The maximum atomic E-state index is 5.64. The van der Waals surface area contributed by atoms with Crippen LogP contribution >= 0.6 is 0 Å². The van der Waals surface area contributed by atoms with Gasteiger partial charge in [0.25, 0.3) is 0 Å². The van der Waals surface area contributed by atoms with E-state index in [1.54, 1.807) is 0 Å². The van der Waals surface area contributed by atoms with Crippen molar-refractivity contribution in [2.75, 3.05) is 0 Å². The molecule has 0 aliphatic rings. The summed E-state index contributed by atoms with van der Waals surface area (Å²) in [6, 6.07) is 43.3. The maximum Gasteiger partial charge on any atom is 0.181 e. The van der Waals surface area contributed by atoms with Gasteiger partial charge in [0.15, 0.2) is 24.0 Å². The molecule has 0 bridgehead atoms. The molecule has 0 saturated carbocycles. The van der Waals surface area contributed by atoms with Gasteiger partial charge in [-0.3, -0.25) is 0 Å². The Hall–Kier alpha value is -5.74. The topological polar surface area (TPSA) is 52.1 Å². The molecule has 0 amide bonds. The molecule has 0 aliphatic carbocycles. The van der Waals surface area contributed by atoms with Crippen molar-refractivity contribution in [1.29, 1.82) is 0 Å². The van der Waals surface area contributed by atoms with Gasteiger partial charge in [-0.2, -0.15) is 0 Å². The molecule has 0 fully saturated rings. The van der Waals surface area contributed by atoms with E-state index in [2.05, 4.69) is 119 Å². The molecule has 0 atom stereocenters. The van der Waals surface area contributed by atoms with Gasteiger partial charge in [0, 0.05) is 0 Å². The lowest BCUT2D eigenvalue weighted by atomic mass is 9.90. The molecule has 9 rings (SSSR count). The standard InChI is InChI=1S/C38H22N2O2/c1-2-7-31-29(5-1)30-6-3-4-8-32(30)34-18-23(9-12-33(31)34)26-15-27(24-10-13-35-37(19-24)41-21-39-35)17-28(16-26)25-11-14-36-38(20-25)42-22-40-36/h1-22H. The van der Waals surface area contributed by atoms with Crippen molar-refractivity contribution in [3.8, 4) is 33.4 Å². The van der Waals surface area contributed by atoms with E-state index in [1.165, 1.54) is 45.1 Å². The lowest BCUT2D eigenvalue weighted by Crippen LogP contribution is -1.88. The van der Waals surface area contributed by atoms with E-state index in [1.807, 2.05) is 12.1 Å². The van der Waals surface area contributed by atoms with Crippen LogP contribution in [0.15, 0.2) is 143 Å². The Morgan fingerprint density at radius 3 is 1.24 bits per heavy atom. The summed E-state index contributed by atoms with van der Waals surface area (Å²) >= 11 is 0. The second-order valence-electron chi connectivity index (χ2n) is 10.7. The SMILES string of the molecule is c1ccc2c(c1)c1ccccc1c1cc(-c3cc(-c4ccc5ncoc5c4)cc(-c4ccc5ncoc5c4)c3)ccc21. The molecule has 42 heavy (non-hydrogen) atoms. The highest BCUT2D eigenvalue weighted by atomic mass is 16.3. The molecule has 0 spiro atoms. The van der Waals surface area contributed by atoms with Gasteiger partial charge >= 0.3 is 0 Å². The van der Waals surface area contributed by atoms with Crippen LogP contribution in [-0.2, 0) is 0 Å². The molecule has 0 aliphatic heterocycles. The van der Waals surface area contributed by atoms with E-state index < -0.39 is 0 Å². The minimum Gasteiger partial charge on any atom is -0.443 e. The Labute approximate surface area is 240 Å². The molecule has 2 heterocycles. The fourth-order valence-electron chi connectivity index (χ4n) is 6.28. The van der Waals surface area contributed by atoms with Crippen LogP contribution in [0.1, 0.15) is 0 Å². The van der Waals surface area contributed by atoms with E-state index in [4.69, 9.17) is 8.83 Å². The summed E-state index contributed by atoms with van der Waals surface area (Å²) in [6.07, 6.45) is 2.98. The number of fused-ring (bicyclic) bond motifs is 8. The highest BCUT2D eigenvalue weighted by Gasteiger charge is 2.13. The summed E-state index contributed by atoms with van der Waals surface area (Å²) in [7, 11) is 0. The van der Waals surface area contributed by atoms with Gasteiger partial charge < -0.3 is 8.83 Å². The first kappa shape index (κ1) is 23.0. The zero-order valence-corrected chi connectivity index (χ0v) is 22.4. The third kappa shape index (κ3) is 3.55. The van der Waals surface area contributed by atoms with Crippen molar-refractivity contribution in [1.82, 2.24) is 9.97 Å². The average Bonchev–Trinajstić information content (AvgIpc) is 3.73. The quantitative estimate of drug-likeness (QED) is 0.210. The van der Waals surface area contributed by atoms with Gasteiger partial charge in [-0.15, -0.1) is 0 Å². The maximum absolute atomic E-state index is 5.64. The number of nitrogens with zero attached hydrogens (tertiary/aromatic N) is 2. The Bertz CT molecular complexity index is 2360. The number of hydrogen-bond acceptors (Lipinski definition) is 4. The molecule has 0 saturated heterocycles. The van der Waals surface area contributed by atoms with Gasteiger partial charge in [0.2, 0.25) is 0 Å². The van der Waals surface area contributed by atoms with Gasteiger partial charge in [-0.05, 0) is 114 Å². The number of rotatable bonds is 3. The van der Waals surface area contributed by atoms with E-state index in [0.717, 1.165) is 55.6 Å². The van der Waals surface area contributed by atoms with Crippen LogP contribution in [-0.4, -0.2) is 9.97 Å². The predicted octanol–water partition coefficient (Wildman–Crippen LogP) is 10.4. The number of aromatic nitrogens is 2. The summed E-state index contributed by atoms with van der Waals surface area (Å²) < 4.78 is 11.3. The van der Waals surface area contributed by atoms with Gasteiger partial charge in [-0.1, -0.05) is 72.8 Å². The Morgan fingerprint density at radius 1 is 0.333 bits per heavy atom. The van der Waals surface area contributed by atoms with E-state index in [0.29, 0.717) is 0 Å². The van der Waals surface area contributed by atoms with Gasteiger partial charge in [0.1, 0.15) is 11.0 Å². The first-order valence-electron chi connectivity index (χ1n) is 13.9. The molecule has 196 valence electrons. The van der Waals surface area contributed by atoms with Gasteiger partial charge in [0.05, 0.1) is 0 Å². The molecule has 0 unspecified atom stereocenters. The van der Waals surface area contributed by atoms with Crippen molar-refractivity contribution in [3.63, 3.8) is 0 Å². The normalized spacial score (nSPS) is 11.8. The summed E-state index contributed by atoms with van der Waals surface area (Å²) in [4.78, 5) is 8.60. The molecule has 9 aromatic rings. The summed E-state index contributed by atoms with van der Waals surface area (Å²) in [5.41, 5.74) is 9.87. The van der Waals surface area contributed by atoms with Crippen LogP contribution in [0, 0.1) is 0 Å². The first-order chi connectivity index (χ1) is 20.8. The summed E-state index contributed by atoms with van der Waals surface area (Å²) in [5.74, 6) is 0. The fraction of sp³-hybridized carbons (Fsp3) is 0. The first-order valence-corrected chi connectivity index (χ1v) is 13.9. The fourth-order valence-corrected chi connectivity index (χ4v) is 6.28. The average molecular weight is 539 g/mol. The number of oxazole rings is 2. The molecule has 4 nitrogen and oxygen atoms in total. The van der Waals surface area contributed by atoms with Crippen LogP contribution in [0.2, 0.25) is 0 Å². The third-order valence-electron chi connectivity index (χ3n) is 8.34. The van der Waals surface area contributed by atoms with Crippen molar-refractivity contribution in [3.05, 3.63) is 134 Å². The molecule has 4 heteroatoms. The van der Waals surface area contributed by atoms with Crippen LogP contribution < -0.4 is 0 Å². The minimum atomic E-state index is 0.770. The van der Waals surface area contributed by atoms with Crippen molar-refractivity contribution in [2.24, 2.45) is 0 Å². The molecule has 0 N–H and O–H groups in total. The van der Waals surface area contributed by atoms with Crippen LogP contribution in [0.4, 0.5) is 0 Å². The molecule has 7 aromatic carbocycles. The van der Waals surface area contributed by atoms with Crippen LogP contribution in [0.3, 0.4) is 0 Å². The Morgan fingerprint density at radius 2 is 0.738 bits per heavy atom. The zero-order chi connectivity index (χ0) is 27.6. The monoisotopic (exact) mass is 538 g/mol. The molecular weight excluding hydrogens is 516 g/mol. The third-order valence-corrected chi connectivity index (χ3v) is 8.34. The highest BCUT2D eigenvalue weighted by molar-refractivity contribution is 6.25. The predicted molar refractivity (Wildman–Crippen MR) is 170 cm³/mol. The second-order valence-corrected chi connectivity index (χ2v) is 10.7. The van der Waals surface area contributed by atoms with Crippen molar-refractivity contribution in [2.45, 2.75) is 0 Å². The smallest absolute Gasteiger partial charge is 0.181 e. The second kappa shape index (κ2) is 8.88. The zero-order valence-electron chi connectivity index (χ0n) is 22.4. The largest absolute Gasteiger partial charge is 0.443 e. The Kier molecular flexibility index (Phi) is 4.87. The van der Waals surface area contributed by atoms with E-state index >= 15 is 0 Å². The number of benzene rings is 7. The summed E-state index contributed by atoms with van der Waals surface area (Å²) in [5, 5.41) is 7.59. The van der Waals surface area contributed by atoms with Crippen molar-refractivity contribution < 1.29 is 8.83 Å². The van der Waals surface area contributed by atoms with Crippen LogP contribution in [0.5, 0.6) is 0 Å². The minimum absolute atomic E-state index is 0.770. The lowest BCUT2D eigenvalue weighted by molar-refractivity contribution is 0.602. The summed E-state index contributed by atoms with van der Waals surface area (Å²) in [6.45, 7) is 0. The highest BCUT2D eigenvalue weighted by Crippen LogP contribution is 2.39. The number of hydrogen-bond donors (Lipinski definition) is 0. The van der Waals surface area contributed by atoms with E-state index in [9.17, 15) is 0 Å². The van der Waals surface area contributed by atoms with E-state index in [-0.39, 0.29) is 0 Å². The van der Waals surface area contributed by atoms with Crippen LogP contribution in [0.25, 0.3) is 87.9 Å². The lowest BCUT2D eigenvalue weighted by Gasteiger charge is -2.14.